The molecule has 5 heteroatoms. The van der Waals surface area contributed by atoms with Crippen molar-refractivity contribution in [3.05, 3.63) is 0 Å². The Morgan fingerprint density at radius 3 is 2.09 bits per heavy atom. The summed E-state index contributed by atoms with van der Waals surface area (Å²) in [5.41, 5.74) is -0.798. The molecule has 1 N–H and O–H groups in total. The van der Waals surface area contributed by atoms with Crippen LogP contribution in [0, 0.1) is 0 Å². The molecule has 0 saturated heterocycles. The molecule has 11 heavy (non-hydrogen) atoms. The standard InChI is InChI=1S/C6H12O4S/c1-5(7)6(3-4-6)10-11(2,8)9/h5,7H,3-4H2,1-2H3/t5-/m0/s1. The third-order valence-corrected chi connectivity index (χ3v) is 2.46. The summed E-state index contributed by atoms with van der Waals surface area (Å²) in [7, 11) is -3.42. The third-order valence-electron chi connectivity index (χ3n) is 1.82. The van der Waals surface area contributed by atoms with Crippen molar-refractivity contribution in [2.45, 2.75) is 31.5 Å². The highest BCUT2D eigenvalue weighted by atomic mass is 32.2. The molecule has 0 aromatic rings. The van der Waals surface area contributed by atoms with Gasteiger partial charge in [0.2, 0.25) is 0 Å². The van der Waals surface area contributed by atoms with Gasteiger partial charge in [-0.15, -0.1) is 0 Å². The minimum absolute atomic E-state index is 0.623. The van der Waals surface area contributed by atoms with E-state index < -0.39 is 21.8 Å². The van der Waals surface area contributed by atoms with Gasteiger partial charge >= 0.3 is 0 Å². The van der Waals surface area contributed by atoms with E-state index in [0.29, 0.717) is 12.8 Å². The Bertz CT molecular complexity index is 237. The number of rotatable bonds is 3. The van der Waals surface area contributed by atoms with E-state index in [0.717, 1.165) is 6.26 Å². The lowest BCUT2D eigenvalue weighted by Gasteiger charge is -2.16. The first kappa shape index (κ1) is 8.96. The van der Waals surface area contributed by atoms with E-state index in [1.807, 2.05) is 0 Å². The second-order valence-electron chi connectivity index (χ2n) is 3.03. The number of aliphatic hydroxyl groups excluding tert-OH is 1. The summed E-state index contributed by atoms with van der Waals surface area (Å²) in [4.78, 5) is 0. The second kappa shape index (κ2) is 2.43. The maximum absolute atomic E-state index is 10.7. The molecule has 4 nitrogen and oxygen atoms in total. The smallest absolute Gasteiger partial charge is 0.265 e. The first-order chi connectivity index (χ1) is 4.86. The number of aliphatic hydroxyl groups is 1. The van der Waals surface area contributed by atoms with Crippen LogP contribution < -0.4 is 0 Å². The summed E-state index contributed by atoms with van der Waals surface area (Å²) in [6, 6.07) is 0. The zero-order valence-corrected chi connectivity index (χ0v) is 7.39. The maximum atomic E-state index is 10.7. The van der Waals surface area contributed by atoms with E-state index in [1.165, 1.54) is 6.92 Å². The molecule has 1 atom stereocenters. The Morgan fingerprint density at radius 1 is 1.55 bits per heavy atom. The van der Waals surface area contributed by atoms with Crippen LogP contribution in [-0.2, 0) is 14.3 Å². The van der Waals surface area contributed by atoms with Crippen molar-refractivity contribution in [2.75, 3.05) is 6.26 Å². The van der Waals surface area contributed by atoms with Crippen LogP contribution in [0.5, 0.6) is 0 Å². The SMILES string of the molecule is C[C@H](O)C1(OS(C)(=O)=O)CC1. The first-order valence-corrected chi connectivity index (χ1v) is 5.26. The number of hydrogen-bond donors (Lipinski definition) is 1. The molecular formula is C6H12O4S. The summed E-state index contributed by atoms with van der Waals surface area (Å²) in [5.74, 6) is 0. The van der Waals surface area contributed by atoms with Crippen molar-refractivity contribution in [2.24, 2.45) is 0 Å². The fraction of sp³-hybridized carbons (Fsp3) is 1.00. The van der Waals surface area contributed by atoms with Crippen molar-refractivity contribution in [1.82, 2.24) is 0 Å². The van der Waals surface area contributed by atoms with Gasteiger partial charge in [-0.3, -0.25) is 4.18 Å². The molecule has 1 rings (SSSR count). The van der Waals surface area contributed by atoms with Crippen molar-refractivity contribution >= 4 is 10.1 Å². The van der Waals surface area contributed by atoms with Gasteiger partial charge in [0.25, 0.3) is 10.1 Å². The van der Waals surface area contributed by atoms with E-state index in [1.54, 1.807) is 0 Å². The molecular weight excluding hydrogens is 168 g/mol. The van der Waals surface area contributed by atoms with Gasteiger partial charge in [0.15, 0.2) is 0 Å². The molecule has 1 saturated carbocycles. The van der Waals surface area contributed by atoms with E-state index in [4.69, 9.17) is 9.29 Å². The fourth-order valence-corrected chi connectivity index (χ4v) is 1.90. The van der Waals surface area contributed by atoms with Gasteiger partial charge < -0.3 is 5.11 Å². The summed E-state index contributed by atoms with van der Waals surface area (Å²) >= 11 is 0. The number of hydrogen-bond acceptors (Lipinski definition) is 4. The predicted molar refractivity (Wildman–Crippen MR) is 39.6 cm³/mol. The molecule has 0 bridgehead atoms. The van der Waals surface area contributed by atoms with Crippen LogP contribution in [0.25, 0.3) is 0 Å². The fourth-order valence-electron chi connectivity index (χ4n) is 0.995. The van der Waals surface area contributed by atoms with Crippen LogP contribution in [-0.4, -0.2) is 31.5 Å². The van der Waals surface area contributed by atoms with Crippen LogP contribution in [0.4, 0.5) is 0 Å². The average molecular weight is 180 g/mol. The van der Waals surface area contributed by atoms with Gasteiger partial charge in [0.05, 0.1) is 12.4 Å². The van der Waals surface area contributed by atoms with Crippen molar-refractivity contribution < 1.29 is 17.7 Å². The highest BCUT2D eigenvalue weighted by Gasteiger charge is 2.51. The highest BCUT2D eigenvalue weighted by Crippen LogP contribution is 2.43. The van der Waals surface area contributed by atoms with Gasteiger partial charge in [0.1, 0.15) is 5.60 Å². The molecule has 0 aromatic carbocycles. The largest absolute Gasteiger partial charge is 0.390 e. The predicted octanol–water partition coefficient (Wildman–Crippen LogP) is -0.124. The van der Waals surface area contributed by atoms with Crippen LogP contribution in [0.15, 0.2) is 0 Å². The Morgan fingerprint density at radius 2 is 2.00 bits per heavy atom. The zero-order chi connectivity index (χ0) is 8.70. The Hall–Kier alpha value is -0.130. The lowest BCUT2D eigenvalue weighted by molar-refractivity contribution is 0.0348. The summed E-state index contributed by atoms with van der Waals surface area (Å²) in [5, 5.41) is 9.12. The molecule has 66 valence electrons. The zero-order valence-electron chi connectivity index (χ0n) is 6.57. The van der Waals surface area contributed by atoms with E-state index in [9.17, 15) is 8.42 Å². The van der Waals surface area contributed by atoms with E-state index >= 15 is 0 Å². The van der Waals surface area contributed by atoms with Crippen LogP contribution in [0.2, 0.25) is 0 Å². The monoisotopic (exact) mass is 180 g/mol. The van der Waals surface area contributed by atoms with Crippen molar-refractivity contribution in [1.29, 1.82) is 0 Å². The highest BCUT2D eigenvalue weighted by molar-refractivity contribution is 7.86. The lowest BCUT2D eigenvalue weighted by Crippen LogP contribution is -2.30. The molecule has 0 spiro atoms. The quantitative estimate of drug-likeness (QED) is 0.615. The maximum Gasteiger partial charge on any atom is 0.265 e. The van der Waals surface area contributed by atoms with Gasteiger partial charge in [-0.05, 0) is 19.8 Å². The Balaban J connectivity index is 2.63. The van der Waals surface area contributed by atoms with Crippen molar-refractivity contribution in [3.8, 4) is 0 Å². The van der Waals surface area contributed by atoms with E-state index in [2.05, 4.69) is 0 Å². The molecule has 0 amide bonds. The molecule has 1 fully saturated rings. The minimum atomic E-state index is -3.42. The Kier molecular flexibility index (Phi) is 1.98. The van der Waals surface area contributed by atoms with Gasteiger partial charge in [0, 0.05) is 0 Å². The summed E-state index contributed by atoms with van der Waals surface area (Å²) in [6.07, 6.45) is 1.53. The third kappa shape index (κ3) is 2.15. The molecule has 0 aliphatic heterocycles. The van der Waals surface area contributed by atoms with Crippen LogP contribution in [0.1, 0.15) is 19.8 Å². The molecule has 1 aliphatic rings. The molecule has 0 aromatic heterocycles. The van der Waals surface area contributed by atoms with E-state index in [-0.39, 0.29) is 0 Å². The summed E-state index contributed by atoms with van der Waals surface area (Å²) < 4.78 is 26.0. The van der Waals surface area contributed by atoms with Gasteiger partial charge in [-0.1, -0.05) is 0 Å². The van der Waals surface area contributed by atoms with Gasteiger partial charge in [-0.2, -0.15) is 8.42 Å². The van der Waals surface area contributed by atoms with Gasteiger partial charge in [-0.25, -0.2) is 0 Å². The first-order valence-electron chi connectivity index (χ1n) is 3.44. The van der Waals surface area contributed by atoms with Crippen LogP contribution >= 0.6 is 0 Å². The molecule has 0 unspecified atom stereocenters. The Labute approximate surface area is 66.3 Å². The minimum Gasteiger partial charge on any atom is -0.390 e. The average Bonchev–Trinajstić information content (AvgIpc) is 2.43. The van der Waals surface area contributed by atoms with Crippen molar-refractivity contribution in [3.63, 3.8) is 0 Å². The topological polar surface area (TPSA) is 63.6 Å². The molecule has 0 heterocycles. The summed E-state index contributed by atoms with van der Waals surface area (Å²) in [6.45, 7) is 1.54. The molecule has 1 aliphatic carbocycles. The van der Waals surface area contributed by atoms with Crippen LogP contribution in [0.3, 0.4) is 0 Å². The lowest BCUT2D eigenvalue weighted by atomic mass is 10.2. The normalized spacial score (nSPS) is 24.6. The molecule has 0 radical (unpaired) electrons. The second-order valence-corrected chi connectivity index (χ2v) is 4.60.